The first-order valence-corrected chi connectivity index (χ1v) is 11.7. The molecule has 192 valence electrons. The molecular formula is C22H26Cl3FN4O4S. The maximum atomic E-state index is 13.1. The maximum Gasteiger partial charge on any atom is 0.336 e. The van der Waals surface area contributed by atoms with Crippen LogP contribution in [0.2, 0.25) is 0 Å². The van der Waals surface area contributed by atoms with Crippen molar-refractivity contribution in [2.45, 2.75) is 11.8 Å². The van der Waals surface area contributed by atoms with Crippen molar-refractivity contribution in [2.24, 2.45) is 0 Å². The van der Waals surface area contributed by atoms with E-state index in [9.17, 15) is 22.7 Å². The number of benzene rings is 2. The number of fused-ring (bicyclic) bond motifs is 1. The third-order valence-electron chi connectivity index (χ3n) is 5.55. The van der Waals surface area contributed by atoms with Crippen molar-refractivity contribution < 1.29 is 22.7 Å². The van der Waals surface area contributed by atoms with E-state index in [0.717, 1.165) is 57.0 Å². The number of likely N-dealkylation sites (N-methyl/N-ethyl adjacent to an activating group) is 1. The van der Waals surface area contributed by atoms with Crippen LogP contribution in [-0.4, -0.2) is 62.1 Å². The number of hydrogen-bond donors (Lipinski definition) is 2. The van der Waals surface area contributed by atoms with E-state index in [1.54, 1.807) is 6.07 Å². The predicted octanol–water partition coefficient (Wildman–Crippen LogP) is 4.28. The van der Waals surface area contributed by atoms with E-state index < -0.39 is 21.8 Å². The number of aromatic nitrogens is 1. The Morgan fingerprint density at radius 3 is 2.23 bits per heavy atom. The fourth-order valence-corrected chi connectivity index (χ4v) is 4.78. The summed E-state index contributed by atoms with van der Waals surface area (Å²) in [4.78, 5) is 20.9. The van der Waals surface area contributed by atoms with E-state index in [-0.39, 0.29) is 53.4 Å². The van der Waals surface area contributed by atoms with E-state index in [1.165, 1.54) is 18.2 Å². The molecule has 0 radical (unpaired) electrons. The van der Waals surface area contributed by atoms with Gasteiger partial charge in [-0.2, -0.15) is 0 Å². The number of hydrogen-bond acceptors (Lipinski definition) is 6. The number of pyridine rings is 1. The molecule has 0 amide bonds. The molecule has 2 heterocycles. The van der Waals surface area contributed by atoms with Crippen LogP contribution in [0, 0.1) is 5.82 Å². The molecule has 3 aromatic rings. The van der Waals surface area contributed by atoms with E-state index in [2.05, 4.69) is 26.4 Å². The minimum absolute atomic E-state index is 0. The van der Waals surface area contributed by atoms with Crippen molar-refractivity contribution in [3.8, 4) is 0 Å². The lowest BCUT2D eigenvalue weighted by atomic mass is 10.1. The summed E-state index contributed by atoms with van der Waals surface area (Å²) in [6.07, 6.45) is 0. The third-order valence-corrected chi connectivity index (χ3v) is 6.94. The molecule has 1 aromatic heterocycles. The van der Waals surface area contributed by atoms with Gasteiger partial charge >= 0.3 is 5.97 Å². The summed E-state index contributed by atoms with van der Waals surface area (Å²) in [6, 6.07) is 10.5. The van der Waals surface area contributed by atoms with Gasteiger partial charge < -0.3 is 14.9 Å². The number of nitrogens with one attached hydrogen (secondary N) is 1. The maximum absolute atomic E-state index is 13.1. The zero-order chi connectivity index (χ0) is 22.9. The number of sulfonamides is 1. The van der Waals surface area contributed by atoms with Gasteiger partial charge in [0.2, 0.25) is 0 Å². The molecule has 8 nitrogen and oxygen atoms in total. The Balaban J connectivity index is 0.00000204. The molecule has 2 N–H and O–H groups in total. The zero-order valence-corrected chi connectivity index (χ0v) is 21.9. The highest BCUT2D eigenvalue weighted by Gasteiger charge is 2.21. The Bertz CT molecular complexity index is 1270. The molecule has 4 rings (SSSR count). The van der Waals surface area contributed by atoms with Gasteiger partial charge in [-0.25, -0.2) is 22.6 Å². The number of nitrogens with zero attached hydrogens (tertiary/aromatic N) is 3. The van der Waals surface area contributed by atoms with Crippen molar-refractivity contribution in [1.82, 2.24) is 9.88 Å². The van der Waals surface area contributed by atoms with Gasteiger partial charge in [0.05, 0.1) is 16.0 Å². The van der Waals surface area contributed by atoms with Crippen LogP contribution in [0.3, 0.4) is 0 Å². The van der Waals surface area contributed by atoms with Gasteiger partial charge in [-0.05, 0) is 55.1 Å². The standard InChI is InChI=1S/C22H23FN4O4S.3ClH/c1-2-26-9-11-27(12-10-26)21-14-19(22(28)29)18-13-16(5-8-20(18)24-21)25-32(30,31)17-6-3-15(23)4-7-17;;;/h3-8,13-14,25H,2,9-12H2,1H3,(H,28,29);3*1H. The summed E-state index contributed by atoms with van der Waals surface area (Å²) in [7, 11) is -3.96. The van der Waals surface area contributed by atoms with Gasteiger partial charge in [-0.3, -0.25) is 4.72 Å². The largest absolute Gasteiger partial charge is 0.478 e. The molecule has 0 spiro atoms. The van der Waals surface area contributed by atoms with Crippen molar-refractivity contribution >= 4 is 75.6 Å². The Labute approximate surface area is 221 Å². The average molecular weight is 568 g/mol. The monoisotopic (exact) mass is 566 g/mol. The second-order valence-corrected chi connectivity index (χ2v) is 9.23. The molecule has 1 saturated heterocycles. The van der Waals surface area contributed by atoms with Gasteiger partial charge in [0.15, 0.2) is 0 Å². The summed E-state index contributed by atoms with van der Waals surface area (Å²) in [5.41, 5.74) is 0.698. The zero-order valence-electron chi connectivity index (χ0n) is 18.7. The van der Waals surface area contributed by atoms with Crippen molar-refractivity contribution in [3.05, 3.63) is 59.9 Å². The van der Waals surface area contributed by atoms with Gasteiger partial charge in [0.25, 0.3) is 10.0 Å². The predicted molar refractivity (Wildman–Crippen MR) is 142 cm³/mol. The molecule has 0 bridgehead atoms. The lowest BCUT2D eigenvalue weighted by Gasteiger charge is -2.35. The van der Waals surface area contributed by atoms with Crippen molar-refractivity contribution in [2.75, 3.05) is 42.3 Å². The van der Waals surface area contributed by atoms with E-state index >= 15 is 0 Å². The first-order valence-electron chi connectivity index (χ1n) is 10.2. The summed E-state index contributed by atoms with van der Waals surface area (Å²) in [6.45, 7) is 6.33. The van der Waals surface area contributed by atoms with Gasteiger partial charge in [-0.1, -0.05) is 6.92 Å². The molecule has 1 aliphatic rings. The summed E-state index contributed by atoms with van der Waals surface area (Å²) >= 11 is 0. The molecule has 0 unspecified atom stereocenters. The minimum atomic E-state index is -3.96. The second-order valence-electron chi connectivity index (χ2n) is 7.55. The Morgan fingerprint density at radius 2 is 1.66 bits per heavy atom. The molecule has 0 atom stereocenters. The van der Waals surface area contributed by atoms with Crippen LogP contribution >= 0.6 is 37.2 Å². The van der Waals surface area contributed by atoms with Crippen LogP contribution in [-0.2, 0) is 10.0 Å². The lowest BCUT2D eigenvalue weighted by Crippen LogP contribution is -2.46. The van der Waals surface area contributed by atoms with E-state index in [0.29, 0.717) is 16.7 Å². The number of carboxylic acid groups (broad SMARTS) is 1. The van der Waals surface area contributed by atoms with Gasteiger partial charge in [0, 0.05) is 37.3 Å². The van der Waals surface area contributed by atoms with Crippen LogP contribution in [0.25, 0.3) is 10.9 Å². The highest BCUT2D eigenvalue weighted by Crippen LogP contribution is 2.28. The van der Waals surface area contributed by atoms with E-state index in [1.807, 2.05) is 0 Å². The van der Waals surface area contributed by atoms with Crippen LogP contribution in [0.1, 0.15) is 17.3 Å². The number of aromatic carboxylic acids is 1. The van der Waals surface area contributed by atoms with Gasteiger partial charge in [-0.15, -0.1) is 37.2 Å². The minimum Gasteiger partial charge on any atom is -0.478 e. The lowest BCUT2D eigenvalue weighted by molar-refractivity contribution is 0.0699. The first-order chi connectivity index (χ1) is 15.3. The fourth-order valence-electron chi connectivity index (χ4n) is 3.74. The first kappa shape index (κ1) is 30.7. The van der Waals surface area contributed by atoms with Crippen LogP contribution in [0.5, 0.6) is 0 Å². The molecule has 2 aromatic carbocycles. The third kappa shape index (κ3) is 6.86. The molecule has 1 aliphatic heterocycles. The summed E-state index contributed by atoms with van der Waals surface area (Å²) < 4.78 is 40.7. The fraction of sp³-hybridized carbons (Fsp3) is 0.273. The SMILES string of the molecule is CCN1CCN(c2cc(C(=O)O)c3cc(NS(=O)(=O)c4ccc(F)cc4)ccc3n2)CC1.Cl.Cl.Cl. The topological polar surface area (TPSA) is 103 Å². The number of anilines is 2. The van der Waals surface area contributed by atoms with Crippen molar-refractivity contribution in [3.63, 3.8) is 0 Å². The number of carboxylic acids is 1. The molecule has 1 fully saturated rings. The number of halogens is 4. The van der Waals surface area contributed by atoms with E-state index in [4.69, 9.17) is 0 Å². The molecule has 13 heteroatoms. The van der Waals surface area contributed by atoms with Crippen LogP contribution in [0.15, 0.2) is 53.4 Å². The number of carbonyl (C=O) groups is 1. The molecule has 35 heavy (non-hydrogen) atoms. The smallest absolute Gasteiger partial charge is 0.336 e. The van der Waals surface area contributed by atoms with Crippen molar-refractivity contribution in [1.29, 1.82) is 0 Å². The summed E-state index contributed by atoms with van der Waals surface area (Å²) in [5, 5.41) is 10.1. The molecule has 0 aliphatic carbocycles. The van der Waals surface area contributed by atoms with Crippen LogP contribution in [0.4, 0.5) is 15.9 Å². The normalized spacial score (nSPS) is 13.8. The second kappa shape index (κ2) is 12.5. The van der Waals surface area contributed by atoms with Gasteiger partial charge in [0.1, 0.15) is 11.6 Å². The Kier molecular flexibility index (Phi) is 11.0. The highest BCUT2D eigenvalue weighted by atomic mass is 35.5. The van der Waals surface area contributed by atoms with Crippen LogP contribution < -0.4 is 9.62 Å². The number of piperazine rings is 1. The highest BCUT2D eigenvalue weighted by molar-refractivity contribution is 7.92. The quantitative estimate of drug-likeness (QED) is 0.458. The molecular weight excluding hydrogens is 542 g/mol. The Morgan fingerprint density at radius 1 is 1.03 bits per heavy atom. The summed E-state index contributed by atoms with van der Waals surface area (Å²) in [5.74, 6) is -1.08. The Hall–Kier alpha value is -2.37. The number of rotatable bonds is 6. The molecule has 0 saturated carbocycles. The average Bonchev–Trinajstić information content (AvgIpc) is 2.78.